The number of aromatic amines is 1. The summed E-state index contributed by atoms with van der Waals surface area (Å²) in [6, 6.07) is 28.9. The normalized spacial score (nSPS) is 11.5. The number of nitrogens with zero attached hydrogens (tertiary/aromatic N) is 4. The lowest BCUT2D eigenvalue weighted by atomic mass is 9.99. The van der Waals surface area contributed by atoms with Crippen LogP contribution in [0.4, 0.5) is 0 Å². The van der Waals surface area contributed by atoms with Crippen molar-refractivity contribution in [3.8, 4) is 28.4 Å². The van der Waals surface area contributed by atoms with Gasteiger partial charge in [-0.05, 0) is 52.4 Å². The van der Waals surface area contributed by atoms with Crippen molar-refractivity contribution in [3.05, 3.63) is 108 Å². The van der Waals surface area contributed by atoms with E-state index in [0.717, 1.165) is 72.2 Å². The highest BCUT2D eigenvalue weighted by Crippen LogP contribution is 2.34. The van der Waals surface area contributed by atoms with E-state index in [4.69, 9.17) is 20.6 Å². The number of ether oxygens (including phenoxy) is 1. The van der Waals surface area contributed by atoms with E-state index in [-0.39, 0.29) is 0 Å². The molecule has 0 atom stereocenters. The van der Waals surface area contributed by atoms with E-state index >= 15 is 0 Å². The Morgan fingerprint density at radius 3 is 2.62 bits per heavy atom. The molecule has 0 radical (unpaired) electrons. The van der Waals surface area contributed by atoms with Crippen molar-refractivity contribution in [2.75, 3.05) is 7.11 Å². The molecule has 0 amide bonds. The van der Waals surface area contributed by atoms with Gasteiger partial charge in [0.05, 0.1) is 30.2 Å². The van der Waals surface area contributed by atoms with Gasteiger partial charge in [0.2, 0.25) is 0 Å². The Balaban J connectivity index is 1.43. The van der Waals surface area contributed by atoms with Crippen LogP contribution in [0.3, 0.4) is 0 Å². The molecule has 0 fully saturated rings. The molecule has 7 heteroatoms. The van der Waals surface area contributed by atoms with Gasteiger partial charge in [0, 0.05) is 35.3 Å². The zero-order chi connectivity index (χ0) is 26.3. The van der Waals surface area contributed by atoms with Gasteiger partial charge in [-0.25, -0.2) is 4.98 Å². The maximum Gasteiger partial charge on any atom is 0.159 e. The minimum Gasteiger partial charge on any atom is -0.497 e. The number of imidazole rings is 1. The molecule has 190 valence electrons. The minimum absolute atomic E-state index is 0.423. The number of nitrogens with one attached hydrogen (secondary N) is 1. The molecule has 0 spiro atoms. The predicted octanol–water partition coefficient (Wildman–Crippen LogP) is 6.31. The highest BCUT2D eigenvalue weighted by molar-refractivity contribution is 6.01. The lowest BCUT2D eigenvalue weighted by Gasteiger charge is -2.08. The summed E-state index contributed by atoms with van der Waals surface area (Å²) in [4.78, 5) is 13.0. The third-order valence-electron chi connectivity index (χ3n) is 7.26. The highest BCUT2D eigenvalue weighted by Gasteiger charge is 2.18. The summed E-state index contributed by atoms with van der Waals surface area (Å²) >= 11 is 0. The number of benzene rings is 4. The van der Waals surface area contributed by atoms with Crippen LogP contribution in [0.2, 0.25) is 0 Å². The fourth-order valence-electron chi connectivity index (χ4n) is 5.26. The zero-order valence-corrected chi connectivity index (χ0v) is 21.4. The molecule has 0 unspecified atom stereocenters. The number of hydrogen-bond acceptors (Lipinski definition) is 5. The molecule has 7 aromatic rings. The molecule has 0 saturated carbocycles. The van der Waals surface area contributed by atoms with Crippen molar-refractivity contribution in [3.63, 3.8) is 0 Å². The van der Waals surface area contributed by atoms with Crippen LogP contribution >= 0.6 is 0 Å². The van der Waals surface area contributed by atoms with E-state index in [1.165, 1.54) is 0 Å². The molecule has 3 N–H and O–H groups in total. The van der Waals surface area contributed by atoms with Gasteiger partial charge in [-0.1, -0.05) is 54.6 Å². The van der Waals surface area contributed by atoms with Gasteiger partial charge in [-0.15, -0.1) is 0 Å². The van der Waals surface area contributed by atoms with Crippen LogP contribution in [0.5, 0.6) is 5.75 Å². The fraction of sp³-hybridized carbons (Fsp3) is 0.0938. The molecule has 0 saturated heterocycles. The van der Waals surface area contributed by atoms with Gasteiger partial charge in [0.1, 0.15) is 11.4 Å². The van der Waals surface area contributed by atoms with Gasteiger partial charge < -0.3 is 15.5 Å². The Hall–Kier alpha value is -5.01. The second-order valence-corrected chi connectivity index (χ2v) is 9.60. The Bertz CT molecular complexity index is 1960. The third kappa shape index (κ3) is 4.00. The van der Waals surface area contributed by atoms with Gasteiger partial charge >= 0.3 is 0 Å². The molecule has 3 heterocycles. The summed E-state index contributed by atoms with van der Waals surface area (Å²) in [6.07, 6.45) is 3.83. The molecule has 7 rings (SSSR count). The van der Waals surface area contributed by atoms with Crippen LogP contribution in [0, 0.1) is 0 Å². The second-order valence-electron chi connectivity index (χ2n) is 9.60. The number of aromatic nitrogens is 5. The molecule has 0 bridgehead atoms. The first-order valence-corrected chi connectivity index (χ1v) is 12.9. The number of rotatable bonds is 6. The van der Waals surface area contributed by atoms with Crippen molar-refractivity contribution in [1.29, 1.82) is 0 Å². The van der Waals surface area contributed by atoms with E-state index in [1.807, 2.05) is 53.5 Å². The number of fused-ring (bicyclic) bond motifs is 3. The van der Waals surface area contributed by atoms with Crippen LogP contribution in [-0.4, -0.2) is 31.8 Å². The standard InChI is InChI=1S/C32H26N6O/c1-39-24-12-9-20(10-13-24)19-38-29-14-11-21(27-18-34-17-23-5-2-3-7-25(23)27)15-26(29)31(37-38)32-35-28-8-4-6-22(16-33)30(28)36-32/h2-15,17-18H,16,19,33H2,1H3,(H,35,36). The smallest absolute Gasteiger partial charge is 0.159 e. The first-order valence-electron chi connectivity index (χ1n) is 12.9. The van der Waals surface area contributed by atoms with Gasteiger partial charge in [-0.2, -0.15) is 5.10 Å². The Kier molecular flexibility index (Phi) is 5.56. The Labute approximate surface area is 224 Å². The quantitative estimate of drug-likeness (QED) is 0.273. The number of methoxy groups -OCH3 is 1. The lowest BCUT2D eigenvalue weighted by molar-refractivity contribution is 0.414. The largest absolute Gasteiger partial charge is 0.497 e. The van der Waals surface area contributed by atoms with Gasteiger partial charge in [-0.3, -0.25) is 9.67 Å². The molecule has 39 heavy (non-hydrogen) atoms. The lowest BCUT2D eigenvalue weighted by Crippen LogP contribution is -2.02. The highest BCUT2D eigenvalue weighted by atomic mass is 16.5. The number of pyridine rings is 1. The molecule has 0 aliphatic carbocycles. The van der Waals surface area contributed by atoms with Crippen LogP contribution in [0.1, 0.15) is 11.1 Å². The molecule has 0 aliphatic heterocycles. The maximum atomic E-state index is 6.01. The summed E-state index contributed by atoms with van der Waals surface area (Å²) < 4.78 is 7.37. The first-order chi connectivity index (χ1) is 19.2. The van der Waals surface area contributed by atoms with Crippen LogP contribution < -0.4 is 10.5 Å². The van der Waals surface area contributed by atoms with E-state index < -0.39 is 0 Å². The molecular weight excluding hydrogens is 484 g/mol. The zero-order valence-electron chi connectivity index (χ0n) is 21.4. The average Bonchev–Trinajstić information content (AvgIpc) is 3.58. The van der Waals surface area contributed by atoms with E-state index in [9.17, 15) is 0 Å². The maximum absolute atomic E-state index is 6.01. The van der Waals surface area contributed by atoms with Crippen molar-refractivity contribution in [2.45, 2.75) is 13.1 Å². The number of nitrogens with two attached hydrogens (primary N) is 1. The van der Waals surface area contributed by atoms with Crippen LogP contribution in [-0.2, 0) is 13.1 Å². The molecular formula is C32H26N6O. The molecule has 4 aromatic carbocycles. The fourth-order valence-corrected chi connectivity index (χ4v) is 5.26. The summed E-state index contributed by atoms with van der Waals surface area (Å²) in [5, 5.41) is 8.38. The molecule has 7 nitrogen and oxygen atoms in total. The average molecular weight is 511 g/mol. The van der Waals surface area contributed by atoms with Crippen molar-refractivity contribution >= 4 is 32.7 Å². The summed E-state index contributed by atoms with van der Waals surface area (Å²) in [5.41, 5.74) is 13.9. The van der Waals surface area contributed by atoms with Gasteiger partial charge in [0.15, 0.2) is 5.82 Å². The second kappa shape index (κ2) is 9.38. The minimum atomic E-state index is 0.423. The van der Waals surface area contributed by atoms with Crippen molar-refractivity contribution in [1.82, 2.24) is 24.7 Å². The predicted molar refractivity (Wildman–Crippen MR) is 156 cm³/mol. The van der Waals surface area contributed by atoms with E-state index in [1.54, 1.807) is 7.11 Å². The number of hydrogen-bond donors (Lipinski definition) is 2. The number of para-hydroxylation sites is 1. The molecule has 3 aromatic heterocycles. The van der Waals surface area contributed by atoms with E-state index in [0.29, 0.717) is 13.1 Å². The topological polar surface area (TPSA) is 94.6 Å². The van der Waals surface area contributed by atoms with Crippen molar-refractivity contribution < 1.29 is 4.74 Å². The summed E-state index contributed by atoms with van der Waals surface area (Å²) in [6.45, 7) is 1.04. The van der Waals surface area contributed by atoms with Crippen LogP contribution in [0.15, 0.2) is 97.3 Å². The third-order valence-corrected chi connectivity index (χ3v) is 7.26. The Morgan fingerprint density at radius 2 is 1.77 bits per heavy atom. The summed E-state index contributed by atoms with van der Waals surface area (Å²) in [7, 11) is 1.68. The monoisotopic (exact) mass is 510 g/mol. The Morgan fingerprint density at radius 1 is 0.897 bits per heavy atom. The van der Waals surface area contributed by atoms with E-state index in [2.05, 4.69) is 58.5 Å². The summed E-state index contributed by atoms with van der Waals surface area (Å²) in [5.74, 6) is 1.55. The number of H-pyrrole nitrogens is 1. The SMILES string of the molecule is COc1ccc(Cn2nc(-c3nc4c(CN)cccc4[nH]3)c3cc(-c4cncc5ccccc45)ccc32)cc1. The van der Waals surface area contributed by atoms with Crippen LogP contribution in [0.25, 0.3) is 55.4 Å². The first kappa shape index (κ1) is 23.1. The van der Waals surface area contributed by atoms with Crippen molar-refractivity contribution in [2.24, 2.45) is 5.73 Å². The molecule has 0 aliphatic rings. The van der Waals surface area contributed by atoms with Gasteiger partial charge in [0.25, 0.3) is 0 Å².